The van der Waals surface area contributed by atoms with Crippen molar-refractivity contribution in [1.82, 2.24) is 0 Å². The fourth-order valence-electron chi connectivity index (χ4n) is 1.32. The highest BCUT2D eigenvalue weighted by Crippen LogP contribution is 2.31. The summed E-state index contributed by atoms with van der Waals surface area (Å²) in [6, 6.07) is 5.89. The number of ketones is 2. The number of phenols is 1. The average molecular weight is 190 g/mol. The number of rotatable bonds is 3. The lowest BCUT2D eigenvalue weighted by Gasteiger charge is -1.98. The van der Waals surface area contributed by atoms with Gasteiger partial charge in [-0.2, -0.15) is 0 Å². The van der Waals surface area contributed by atoms with Gasteiger partial charge >= 0.3 is 0 Å². The minimum absolute atomic E-state index is 0.0134. The molecule has 1 fully saturated rings. The van der Waals surface area contributed by atoms with Crippen molar-refractivity contribution >= 4 is 11.6 Å². The summed E-state index contributed by atoms with van der Waals surface area (Å²) < 4.78 is 0. The highest BCUT2D eigenvalue weighted by atomic mass is 16.3. The highest BCUT2D eigenvalue weighted by molar-refractivity contribution is 6.44. The largest absolute Gasteiger partial charge is 0.508 e. The zero-order chi connectivity index (χ0) is 10.1. The molecule has 72 valence electrons. The molecule has 0 atom stereocenters. The number of benzene rings is 1. The summed E-state index contributed by atoms with van der Waals surface area (Å²) in [6.45, 7) is 0. The van der Waals surface area contributed by atoms with Crippen LogP contribution in [-0.4, -0.2) is 16.7 Å². The van der Waals surface area contributed by atoms with Crippen LogP contribution in [0.4, 0.5) is 0 Å². The minimum atomic E-state index is -0.483. The third-order valence-electron chi connectivity index (χ3n) is 2.28. The molecule has 1 saturated carbocycles. The first-order valence-electron chi connectivity index (χ1n) is 4.56. The van der Waals surface area contributed by atoms with Crippen molar-refractivity contribution in [3.8, 4) is 5.75 Å². The Balaban J connectivity index is 2.21. The molecule has 0 unspecified atom stereocenters. The molecule has 14 heavy (non-hydrogen) atoms. The van der Waals surface area contributed by atoms with Crippen LogP contribution >= 0.6 is 0 Å². The van der Waals surface area contributed by atoms with Gasteiger partial charge in [-0.05, 0) is 25.0 Å². The van der Waals surface area contributed by atoms with Crippen LogP contribution in [0, 0.1) is 5.92 Å². The first-order valence-corrected chi connectivity index (χ1v) is 4.56. The van der Waals surface area contributed by atoms with Crippen molar-refractivity contribution in [2.24, 2.45) is 5.92 Å². The van der Waals surface area contributed by atoms with E-state index in [0.717, 1.165) is 12.8 Å². The molecule has 1 N–H and O–H groups in total. The van der Waals surface area contributed by atoms with Gasteiger partial charge in [-0.25, -0.2) is 0 Å². The van der Waals surface area contributed by atoms with E-state index in [0.29, 0.717) is 0 Å². The second-order valence-electron chi connectivity index (χ2n) is 3.52. The lowest BCUT2D eigenvalue weighted by molar-refractivity contribution is -0.116. The fraction of sp³-hybridized carbons (Fsp3) is 0.273. The summed E-state index contributed by atoms with van der Waals surface area (Å²) in [6.07, 6.45) is 1.65. The van der Waals surface area contributed by atoms with Gasteiger partial charge in [0, 0.05) is 11.5 Å². The quantitative estimate of drug-likeness (QED) is 0.581. The van der Waals surface area contributed by atoms with Crippen LogP contribution < -0.4 is 0 Å². The summed E-state index contributed by atoms with van der Waals surface area (Å²) in [5, 5.41) is 9.13. The SMILES string of the molecule is O=C(C(=O)C1CC1)c1cccc(O)c1. The molecule has 0 heterocycles. The van der Waals surface area contributed by atoms with E-state index in [1.807, 2.05) is 0 Å². The van der Waals surface area contributed by atoms with E-state index < -0.39 is 5.78 Å². The maximum Gasteiger partial charge on any atom is 0.228 e. The molecule has 3 heteroatoms. The Hall–Kier alpha value is -1.64. The summed E-state index contributed by atoms with van der Waals surface area (Å²) in [5.41, 5.74) is 0.280. The molecule has 1 aliphatic carbocycles. The van der Waals surface area contributed by atoms with Gasteiger partial charge in [0.05, 0.1) is 0 Å². The van der Waals surface area contributed by atoms with Crippen molar-refractivity contribution in [3.05, 3.63) is 29.8 Å². The van der Waals surface area contributed by atoms with Crippen LogP contribution in [0.5, 0.6) is 5.75 Å². The predicted octanol–water partition coefficient (Wildman–Crippen LogP) is 1.55. The Kier molecular flexibility index (Phi) is 2.08. The molecular weight excluding hydrogens is 180 g/mol. The van der Waals surface area contributed by atoms with Gasteiger partial charge in [0.25, 0.3) is 0 Å². The number of phenolic OH excluding ortho intramolecular Hbond substituents is 1. The highest BCUT2D eigenvalue weighted by Gasteiger charge is 2.34. The fourth-order valence-corrected chi connectivity index (χ4v) is 1.32. The summed E-state index contributed by atoms with van der Waals surface area (Å²) in [5.74, 6) is -0.858. The number of carbonyl (C=O) groups is 2. The summed E-state index contributed by atoms with van der Waals surface area (Å²) in [7, 11) is 0. The molecule has 0 aromatic heterocycles. The van der Waals surface area contributed by atoms with Crippen LogP contribution in [-0.2, 0) is 4.79 Å². The van der Waals surface area contributed by atoms with Crippen molar-refractivity contribution in [2.75, 3.05) is 0 Å². The maximum atomic E-state index is 11.5. The van der Waals surface area contributed by atoms with E-state index >= 15 is 0 Å². The first kappa shape index (κ1) is 8.94. The normalized spacial score (nSPS) is 15.1. The third-order valence-corrected chi connectivity index (χ3v) is 2.28. The van der Waals surface area contributed by atoms with Crippen molar-refractivity contribution in [1.29, 1.82) is 0 Å². The van der Waals surface area contributed by atoms with Crippen LogP contribution in [0.3, 0.4) is 0 Å². The zero-order valence-corrected chi connectivity index (χ0v) is 7.56. The molecule has 1 aromatic carbocycles. The third kappa shape index (κ3) is 1.66. The lowest BCUT2D eigenvalue weighted by Crippen LogP contribution is -2.15. The molecular formula is C11H10O3. The monoisotopic (exact) mass is 190 g/mol. The summed E-state index contributed by atoms with van der Waals surface area (Å²) >= 11 is 0. The first-order chi connectivity index (χ1) is 6.68. The van der Waals surface area contributed by atoms with E-state index in [1.54, 1.807) is 12.1 Å². The number of carbonyl (C=O) groups excluding carboxylic acids is 2. The number of hydrogen-bond donors (Lipinski definition) is 1. The maximum absolute atomic E-state index is 11.5. The van der Waals surface area contributed by atoms with Crippen LogP contribution in [0.1, 0.15) is 23.2 Å². The predicted molar refractivity (Wildman–Crippen MR) is 50.2 cm³/mol. The smallest absolute Gasteiger partial charge is 0.228 e. The Labute approximate surface area is 81.4 Å². The number of aromatic hydroxyl groups is 1. The molecule has 0 bridgehead atoms. The molecule has 1 aromatic rings. The molecule has 0 radical (unpaired) electrons. The molecule has 1 aliphatic rings. The van der Waals surface area contributed by atoms with Crippen molar-refractivity contribution in [2.45, 2.75) is 12.8 Å². The van der Waals surface area contributed by atoms with E-state index in [-0.39, 0.29) is 23.0 Å². The van der Waals surface area contributed by atoms with Crippen molar-refractivity contribution in [3.63, 3.8) is 0 Å². The molecule has 0 spiro atoms. The van der Waals surface area contributed by atoms with Crippen LogP contribution in [0.2, 0.25) is 0 Å². The standard InChI is InChI=1S/C11H10O3/c12-9-3-1-2-8(6-9)11(14)10(13)7-4-5-7/h1-3,6-7,12H,4-5H2. The van der Waals surface area contributed by atoms with Gasteiger partial charge in [0.1, 0.15) is 5.75 Å². The van der Waals surface area contributed by atoms with Gasteiger partial charge in [-0.1, -0.05) is 12.1 Å². The van der Waals surface area contributed by atoms with E-state index in [2.05, 4.69) is 0 Å². The Bertz CT molecular complexity index is 391. The van der Waals surface area contributed by atoms with Gasteiger partial charge in [-0.15, -0.1) is 0 Å². The van der Waals surface area contributed by atoms with Crippen LogP contribution in [0.25, 0.3) is 0 Å². The van der Waals surface area contributed by atoms with Crippen LogP contribution in [0.15, 0.2) is 24.3 Å². The second-order valence-corrected chi connectivity index (χ2v) is 3.52. The molecule has 3 nitrogen and oxygen atoms in total. The second kappa shape index (κ2) is 3.25. The van der Waals surface area contributed by atoms with Gasteiger partial charge < -0.3 is 5.11 Å². The minimum Gasteiger partial charge on any atom is -0.508 e. The summed E-state index contributed by atoms with van der Waals surface area (Å²) in [4.78, 5) is 22.9. The Morgan fingerprint density at radius 1 is 1.29 bits per heavy atom. The Morgan fingerprint density at radius 2 is 2.00 bits per heavy atom. The molecule has 0 aliphatic heterocycles. The number of Topliss-reactive ketones (excluding diaryl/α,β-unsaturated/α-hetero) is 2. The van der Waals surface area contributed by atoms with Gasteiger partial charge in [0.2, 0.25) is 11.6 Å². The molecule has 0 amide bonds. The van der Waals surface area contributed by atoms with Gasteiger partial charge in [-0.3, -0.25) is 9.59 Å². The zero-order valence-electron chi connectivity index (χ0n) is 7.56. The van der Waals surface area contributed by atoms with E-state index in [4.69, 9.17) is 5.11 Å². The molecule has 2 rings (SSSR count). The Morgan fingerprint density at radius 3 is 2.57 bits per heavy atom. The average Bonchev–Trinajstić information content (AvgIpc) is 2.99. The van der Waals surface area contributed by atoms with Crippen molar-refractivity contribution < 1.29 is 14.7 Å². The van der Waals surface area contributed by atoms with E-state index in [9.17, 15) is 9.59 Å². The molecule has 0 saturated heterocycles. The topological polar surface area (TPSA) is 54.4 Å². The van der Waals surface area contributed by atoms with Gasteiger partial charge in [0.15, 0.2) is 0 Å². The lowest BCUT2D eigenvalue weighted by atomic mass is 10.0. The number of hydrogen-bond acceptors (Lipinski definition) is 3. The van der Waals surface area contributed by atoms with E-state index in [1.165, 1.54) is 12.1 Å².